The van der Waals surface area contributed by atoms with Gasteiger partial charge in [-0.2, -0.15) is 5.26 Å². The van der Waals surface area contributed by atoms with Gasteiger partial charge in [0.1, 0.15) is 5.75 Å². The summed E-state index contributed by atoms with van der Waals surface area (Å²) in [5.74, 6) is 0.475. The van der Waals surface area contributed by atoms with Gasteiger partial charge in [-0.3, -0.25) is 0 Å². The maximum atomic E-state index is 9.82. The standard InChI is InChI=1S/C14H19N3O/c1-12(10-15)11-16-6-8-17(9-7-16)13-4-2-3-5-14(13)18/h2-5,12,18H,6-9,11H2,1H3/p+1/t12-/m0/s1. The molecule has 1 atom stereocenters. The summed E-state index contributed by atoms with van der Waals surface area (Å²) >= 11 is 0. The predicted molar refractivity (Wildman–Crippen MR) is 70.7 cm³/mol. The van der Waals surface area contributed by atoms with Crippen LogP contribution in [-0.4, -0.2) is 37.8 Å². The average molecular weight is 246 g/mol. The van der Waals surface area contributed by atoms with Gasteiger partial charge in [0.25, 0.3) is 0 Å². The number of benzene rings is 1. The minimum Gasteiger partial charge on any atom is -0.506 e. The molecule has 96 valence electrons. The van der Waals surface area contributed by atoms with Gasteiger partial charge in [-0.25, -0.2) is 0 Å². The van der Waals surface area contributed by atoms with Gasteiger partial charge < -0.3 is 14.9 Å². The maximum absolute atomic E-state index is 9.82. The van der Waals surface area contributed by atoms with Crippen LogP contribution in [0.5, 0.6) is 5.75 Å². The predicted octanol–water partition coefficient (Wildman–Crippen LogP) is 0.257. The van der Waals surface area contributed by atoms with Gasteiger partial charge in [-0.15, -0.1) is 0 Å². The molecule has 1 aliphatic rings. The summed E-state index contributed by atoms with van der Waals surface area (Å²) in [5.41, 5.74) is 0.921. The molecule has 1 saturated heterocycles. The van der Waals surface area contributed by atoms with E-state index in [1.165, 1.54) is 4.90 Å². The molecular formula is C14H20N3O+. The van der Waals surface area contributed by atoms with Crippen LogP contribution in [0, 0.1) is 17.2 Å². The second-order valence-electron chi connectivity index (χ2n) is 4.96. The molecule has 2 rings (SSSR count). The number of nitriles is 1. The first-order chi connectivity index (χ1) is 8.70. The molecule has 1 aliphatic heterocycles. The number of piperazine rings is 1. The molecule has 0 spiro atoms. The first kappa shape index (κ1) is 12.7. The topological polar surface area (TPSA) is 51.7 Å². The van der Waals surface area contributed by atoms with Crippen molar-refractivity contribution >= 4 is 5.69 Å². The second-order valence-corrected chi connectivity index (χ2v) is 4.96. The number of phenols is 1. The highest BCUT2D eigenvalue weighted by Crippen LogP contribution is 2.25. The zero-order valence-electron chi connectivity index (χ0n) is 10.8. The number of rotatable bonds is 3. The van der Waals surface area contributed by atoms with Gasteiger partial charge in [0.15, 0.2) is 0 Å². The summed E-state index contributed by atoms with van der Waals surface area (Å²) in [6, 6.07) is 9.77. The molecule has 1 heterocycles. The van der Waals surface area contributed by atoms with E-state index in [1.54, 1.807) is 6.07 Å². The SMILES string of the molecule is C[C@@H](C#N)C[NH+]1CCN(c2ccccc2O)CC1. The van der Waals surface area contributed by atoms with Gasteiger partial charge in [0.2, 0.25) is 0 Å². The first-order valence-corrected chi connectivity index (χ1v) is 6.47. The lowest BCUT2D eigenvalue weighted by Crippen LogP contribution is -3.15. The maximum Gasteiger partial charge on any atom is 0.138 e. The molecular weight excluding hydrogens is 226 g/mol. The third-order valence-corrected chi connectivity index (χ3v) is 3.51. The third-order valence-electron chi connectivity index (χ3n) is 3.51. The summed E-state index contributed by atoms with van der Waals surface area (Å²) in [6.45, 7) is 6.82. The molecule has 1 fully saturated rings. The van der Waals surface area contributed by atoms with Crippen LogP contribution in [0.1, 0.15) is 6.92 Å². The van der Waals surface area contributed by atoms with Crippen LogP contribution in [0.3, 0.4) is 0 Å². The Morgan fingerprint density at radius 2 is 2.06 bits per heavy atom. The number of anilines is 1. The van der Waals surface area contributed by atoms with E-state index in [2.05, 4.69) is 11.0 Å². The molecule has 0 saturated carbocycles. The number of quaternary nitrogens is 1. The van der Waals surface area contributed by atoms with Crippen molar-refractivity contribution in [1.82, 2.24) is 0 Å². The van der Waals surface area contributed by atoms with Crippen molar-refractivity contribution in [3.05, 3.63) is 24.3 Å². The number of hydrogen-bond acceptors (Lipinski definition) is 3. The summed E-state index contributed by atoms with van der Waals surface area (Å²) in [7, 11) is 0. The van der Waals surface area contributed by atoms with Crippen LogP contribution < -0.4 is 9.80 Å². The molecule has 18 heavy (non-hydrogen) atoms. The second kappa shape index (κ2) is 5.74. The van der Waals surface area contributed by atoms with Crippen LogP contribution >= 0.6 is 0 Å². The highest BCUT2D eigenvalue weighted by Gasteiger charge is 2.22. The molecule has 4 heteroatoms. The smallest absolute Gasteiger partial charge is 0.138 e. The molecule has 0 unspecified atom stereocenters. The highest BCUT2D eigenvalue weighted by molar-refractivity contribution is 5.57. The van der Waals surface area contributed by atoms with E-state index >= 15 is 0 Å². The number of para-hydroxylation sites is 2. The Morgan fingerprint density at radius 1 is 1.39 bits per heavy atom. The summed E-state index contributed by atoms with van der Waals surface area (Å²) in [6.07, 6.45) is 0. The molecule has 0 aromatic heterocycles. The first-order valence-electron chi connectivity index (χ1n) is 6.47. The Balaban J connectivity index is 1.91. The molecule has 0 bridgehead atoms. The van der Waals surface area contributed by atoms with E-state index in [4.69, 9.17) is 5.26 Å². The number of nitrogens with zero attached hydrogens (tertiary/aromatic N) is 2. The van der Waals surface area contributed by atoms with E-state index in [1.807, 2.05) is 25.1 Å². The molecule has 4 nitrogen and oxygen atoms in total. The van der Waals surface area contributed by atoms with E-state index in [9.17, 15) is 5.11 Å². The van der Waals surface area contributed by atoms with Crippen LogP contribution in [0.2, 0.25) is 0 Å². The van der Waals surface area contributed by atoms with Crippen molar-refractivity contribution in [1.29, 1.82) is 5.26 Å². The van der Waals surface area contributed by atoms with Crippen molar-refractivity contribution in [2.45, 2.75) is 6.92 Å². The Labute approximate surface area is 108 Å². The van der Waals surface area contributed by atoms with Crippen molar-refractivity contribution in [2.75, 3.05) is 37.6 Å². The Morgan fingerprint density at radius 3 is 2.67 bits per heavy atom. The molecule has 1 aromatic rings. The van der Waals surface area contributed by atoms with Gasteiger partial charge in [-0.05, 0) is 19.1 Å². The normalized spacial score (nSPS) is 18.3. The lowest BCUT2D eigenvalue weighted by Gasteiger charge is -2.34. The molecule has 0 radical (unpaired) electrons. The van der Waals surface area contributed by atoms with E-state index in [-0.39, 0.29) is 5.92 Å². The lowest BCUT2D eigenvalue weighted by molar-refractivity contribution is -0.902. The number of phenolic OH excluding ortho intramolecular Hbond substituents is 1. The fourth-order valence-corrected chi connectivity index (χ4v) is 2.48. The fraction of sp³-hybridized carbons (Fsp3) is 0.500. The Hall–Kier alpha value is -1.73. The molecule has 1 aromatic carbocycles. The third kappa shape index (κ3) is 2.93. The van der Waals surface area contributed by atoms with Crippen molar-refractivity contribution in [3.63, 3.8) is 0 Å². The molecule has 0 aliphatic carbocycles. The quantitative estimate of drug-likeness (QED) is 0.804. The van der Waals surface area contributed by atoms with Gasteiger partial charge >= 0.3 is 0 Å². The van der Waals surface area contributed by atoms with Crippen LogP contribution in [-0.2, 0) is 0 Å². The van der Waals surface area contributed by atoms with E-state index < -0.39 is 0 Å². The molecule has 0 amide bonds. The van der Waals surface area contributed by atoms with Crippen molar-refractivity contribution < 1.29 is 10.0 Å². The minimum atomic E-state index is 0.122. The summed E-state index contributed by atoms with van der Waals surface area (Å²) in [4.78, 5) is 3.70. The van der Waals surface area contributed by atoms with Gasteiger partial charge in [-0.1, -0.05) is 12.1 Å². The van der Waals surface area contributed by atoms with Gasteiger partial charge in [0.05, 0.1) is 50.4 Å². The van der Waals surface area contributed by atoms with Crippen LogP contribution in [0.15, 0.2) is 24.3 Å². The Bertz CT molecular complexity index is 433. The van der Waals surface area contributed by atoms with E-state index in [0.29, 0.717) is 5.75 Å². The highest BCUT2D eigenvalue weighted by atomic mass is 16.3. The number of hydrogen-bond donors (Lipinski definition) is 2. The van der Waals surface area contributed by atoms with E-state index in [0.717, 1.165) is 38.4 Å². The zero-order valence-corrected chi connectivity index (χ0v) is 10.8. The van der Waals surface area contributed by atoms with Crippen LogP contribution in [0.4, 0.5) is 5.69 Å². The van der Waals surface area contributed by atoms with Crippen LogP contribution in [0.25, 0.3) is 0 Å². The van der Waals surface area contributed by atoms with Gasteiger partial charge in [0, 0.05) is 0 Å². The molecule has 2 N–H and O–H groups in total. The average Bonchev–Trinajstić information content (AvgIpc) is 2.40. The fourth-order valence-electron chi connectivity index (χ4n) is 2.48. The van der Waals surface area contributed by atoms with Crippen molar-refractivity contribution in [2.24, 2.45) is 5.92 Å². The largest absolute Gasteiger partial charge is 0.506 e. The summed E-state index contributed by atoms with van der Waals surface area (Å²) in [5, 5.41) is 18.6. The number of nitrogens with one attached hydrogen (secondary N) is 1. The summed E-state index contributed by atoms with van der Waals surface area (Å²) < 4.78 is 0. The minimum absolute atomic E-state index is 0.122. The Kier molecular flexibility index (Phi) is 4.06. The number of aromatic hydroxyl groups is 1. The monoisotopic (exact) mass is 246 g/mol. The zero-order chi connectivity index (χ0) is 13.0. The van der Waals surface area contributed by atoms with Crippen molar-refractivity contribution in [3.8, 4) is 11.8 Å². The lowest BCUT2D eigenvalue weighted by atomic mass is 10.1.